The Hall–Kier alpha value is -5.64. The summed E-state index contributed by atoms with van der Waals surface area (Å²) in [7, 11) is 5.91. The van der Waals surface area contributed by atoms with Crippen LogP contribution in [0.5, 0.6) is 0 Å². The molecule has 10 unspecified atom stereocenters. The van der Waals surface area contributed by atoms with Crippen molar-refractivity contribution in [1.29, 1.82) is 0 Å². The first-order valence-electron chi connectivity index (χ1n) is 47.3. The lowest BCUT2D eigenvalue weighted by atomic mass is 10.1. The summed E-state index contributed by atoms with van der Waals surface area (Å²) in [6.45, 7) is 57.5. The predicted molar refractivity (Wildman–Crippen MR) is 519 cm³/mol. The minimum atomic E-state index is -1.35. The Morgan fingerprint density at radius 2 is 0.637 bits per heavy atom. The number of hydrogen-bond acceptors (Lipinski definition) is 41. The normalized spacial score (nSPS) is 24.4. The number of nitrogens with one attached hydrogen (secondary N) is 3. The lowest BCUT2D eigenvalue weighted by Gasteiger charge is -2.37. The molecule has 11 heterocycles. The van der Waals surface area contributed by atoms with Crippen LogP contribution in [0.3, 0.4) is 0 Å². The van der Waals surface area contributed by atoms with Gasteiger partial charge in [-0.05, 0) is 47.1 Å². The Bertz CT molecular complexity index is 3170. The zero-order valence-corrected chi connectivity index (χ0v) is 89.7. The zero-order valence-electron chi connectivity index (χ0n) is 85.7. The molecule has 0 aliphatic carbocycles. The van der Waals surface area contributed by atoms with Crippen molar-refractivity contribution in [3.05, 3.63) is 0 Å². The average Bonchev–Trinajstić information content (AvgIpc) is 0.837. The number of hydrogen-bond donors (Lipinski definition) is 6. The average molecular weight is 2010 g/mol. The molecule has 0 aromatic carbocycles. The smallest absolute Gasteiger partial charge is 0.325 e. The van der Waals surface area contributed by atoms with E-state index >= 15 is 0 Å². The largest absolute Gasteiger partial charge is 0.480 e. The van der Waals surface area contributed by atoms with Gasteiger partial charge in [0, 0.05) is 111 Å². The van der Waals surface area contributed by atoms with E-state index in [2.05, 4.69) is 142 Å². The number of carboxylic acid groups (broad SMARTS) is 1. The van der Waals surface area contributed by atoms with Crippen molar-refractivity contribution in [3.8, 4) is 0 Å². The van der Waals surface area contributed by atoms with Crippen molar-refractivity contribution in [1.82, 2.24) is 55.1 Å². The van der Waals surface area contributed by atoms with Crippen LogP contribution in [0, 0.1) is 0 Å². The molecule has 8 N–H and O–H groups in total. The van der Waals surface area contributed by atoms with Gasteiger partial charge in [-0.2, -0.15) is 0 Å². The molecule has 0 aromatic rings. The number of morpholine rings is 10. The number of aldehydes is 1. The number of carboxylic acids is 1. The highest BCUT2D eigenvalue weighted by atomic mass is 28.3. The van der Waals surface area contributed by atoms with E-state index in [4.69, 9.17) is 87.6 Å². The number of nitrogens with two attached hydrogens (primary N) is 2. The summed E-state index contributed by atoms with van der Waals surface area (Å²) in [6, 6.07) is -2.36. The van der Waals surface area contributed by atoms with Crippen LogP contribution in [0.1, 0.15) is 40.0 Å². The molecule has 10 atom stereocenters. The molecule has 0 spiro atoms. The van der Waals surface area contributed by atoms with Crippen LogP contribution >= 0.6 is 0 Å². The number of ether oxygens (including phenoxy) is 18. The van der Waals surface area contributed by atoms with Crippen LogP contribution in [0.2, 0.25) is 78.6 Å². The van der Waals surface area contributed by atoms with Gasteiger partial charge in [0.15, 0.2) is 0 Å². The number of piperazine rings is 1. The molecule has 11 rings (SSSR count). The summed E-state index contributed by atoms with van der Waals surface area (Å²) in [5.41, 5.74) is 11.0. The third-order valence-electron chi connectivity index (χ3n) is 21.1. The van der Waals surface area contributed by atoms with Gasteiger partial charge < -0.3 is 123 Å². The van der Waals surface area contributed by atoms with Gasteiger partial charge in [0.2, 0.25) is 5.91 Å². The van der Waals surface area contributed by atoms with Crippen molar-refractivity contribution in [2.75, 3.05) is 324 Å². The maximum absolute atomic E-state index is 12.0. The third-order valence-corrected chi connectivity index (χ3v) is 25.2. The summed E-state index contributed by atoms with van der Waals surface area (Å²) in [6.07, 6.45) is 5.96. The van der Waals surface area contributed by atoms with Crippen LogP contribution < -0.4 is 27.4 Å². The molecule has 11 aliphatic heterocycles. The SMILES string of the molecule is CCC=O.CCCN1CCOCC1C(=O)OC.CCCN1CCOCC1C(=O)OC[Si](C)(C)C.CN1CCOCC1C(=O)O.CN1CCOCC1C(=O)OC[Si](C)(C)C.COC(=O)C1COCCN1.COC(=O)C1COCCN1C.COC(=O)C1COCCN1CCN.C[Si](C)(C)COC(=O)C1COCCN1.C[Si](C)(C)COC(=O)C1COCCN1CCN.O=C1NCCN2CCOCC12. The second-order valence-electron chi connectivity index (χ2n) is 38.1. The second-order valence-corrected chi connectivity index (χ2v) is 59.7. The molecule has 0 radical (unpaired) electrons. The van der Waals surface area contributed by atoms with E-state index in [-0.39, 0.29) is 108 Å². The van der Waals surface area contributed by atoms with Crippen molar-refractivity contribution in [2.24, 2.45) is 11.5 Å². The van der Waals surface area contributed by atoms with Gasteiger partial charge in [-0.1, -0.05) is 99.3 Å². The highest BCUT2D eigenvalue weighted by Crippen LogP contribution is 2.17. The summed E-state index contributed by atoms with van der Waals surface area (Å²) in [5, 5.41) is 17.4. The first kappa shape index (κ1) is 127. The number of methoxy groups -OCH3 is 4. The van der Waals surface area contributed by atoms with E-state index in [0.29, 0.717) is 176 Å². The highest BCUT2D eigenvalue weighted by Gasteiger charge is 2.38. The van der Waals surface area contributed by atoms with Gasteiger partial charge in [0.05, 0.1) is 218 Å². The number of rotatable bonds is 26. The first-order valence-corrected chi connectivity index (χ1v) is 62.2. The maximum atomic E-state index is 12.0. The number of amides is 1. The van der Waals surface area contributed by atoms with Crippen LogP contribution in [-0.4, -0.2) is 527 Å². The molecule has 0 saturated carbocycles. The van der Waals surface area contributed by atoms with E-state index in [9.17, 15) is 52.7 Å². The molecule has 11 fully saturated rings. The monoisotopic (exact) mass is 2010 g/mol. The summed E-state index contributed by atoms with van der Waals surface area (Å²) in [4.78, 5) is 139. The number of nitrogens with zero attached hydrogens (tertiary/aromatic N) is 8. The van der Waals surface area contributed by atoms with Crippen molar-refractivity contribution < 1.29 is 143 Å². The molecular weight excluding hydrogens is 1830 g/mol. The fraction of sp³-hybridized carbons (Fsp3) is 0.875. The van der Waals surface area contributed by atoms with Gasteiger partial charge in [-0.25, -0.2) is 0 Å². The summed E-state index contributed by atoms with van der Waals surface area (Å²) >= 11 is 0. The summed E-state index contributed by atoms with van der Waals surface area (Å²) < 4.78 is 91.8. The van der Waals surface area contributed by atoms with Crippen LogP contribution in [0.25, 0.3) is 0 Å². The van der Waals surface area contributed by atoms with Gasteiger partial charge in [0.25, 0.3) is 0 Å². The van der Waals surface area contributed by atoms with Crippen molar-refractivity contribution in [2.45, 2.75) is 179 Å². The molecular formula is C88H175N13O30Si4. The number of likely N-dealkylation sites (N-methyl/N-ethyl adjacent to an activating group) is 3. The van der Waals surface area contributed by atoms with E-state index in [1.165, 1.54) is 28.4 Å². The fourth-order valence-corrected chi connectivity index (χ4v) is 15.6. The molecule has 1 amide bonds. The predicted octanol–water partition coefficient (Wildman–Crippen LogP) is -0.742. The maximum Gasteiger partial charge on any atom is 0.325 e. The lowest BCUT2D eigenvalue weighted by Crippen LogP contribution is -2.59. The van der Waals surface area contributed by atoms with Crippen molar-refractivity contribution >= 4 is 98.2 Å². The fourth-order valence-electron chi connectivity index (χ4n) is 13.3. The van der Waals surface area contributed by atoms with E-state index in [1.807, 2.05) is 35.7 Å². The number of carbonyl (C=O) groups excluding carboxylic acids is 10. The van der Waals surface area contributed by atoms with E-state index in [1.54, 1.807) is 11.9 Å². The topological polar surface area (TPSA) is 488 Å². The molecule has 47 heteroatoms. The standard InChI is InChI=1S/C12H25NO3Si.C11H24N2O3Si.C10H21NO3Si.C9H19NO3Si.C9H17NO3.C8H16N2O3.C7H12N2O2.C7H13NO3.2C6H11NO3.C3H6O/c1-5-6-13-7-8-15-9-11(13)12(14)16-10-17(2,3)4;1-17(2,3)9-16-11(14)10-8-15-7-6-13(10)5-4-12;1-11-5-6-13-7-9(11)10(12)14-8-15(2,3)4;1-14(2,3)7-13-9(11)8-6-12-5-4-10-8;1-3-4-10-5-6-13-7-8(10)9(11)12-2;1-12-8(11)7-6-13-5-4-10(7)3-2-9;10-7-6-5-11-4-3-9(6)2-1-8-7;1-8-3-4-11-5-6(8)7(9)10-2;1-9-6(8)5-4-10-3-2-7-5;1-7-2-3-10-4-5(7)6(8)9;1-2-3-4/h11H,5-10H2,1-4H3;10H,4-9,12H2,1-3H3;9H,5-8H2,1-4H3;8,10H,4-7H2,1-3H3;8H,3-7H2,1-2H3;7H,2-6,9H2,1H3;6H,1-5H2,(H,8,10);6H,3-5H2,1-2H3;5,7H,2-4H2,1H3;5H,2-4H2,1H3,(H,8,9);3H,2H2,1H3. The van der Waals surface area contributed by atoms with E-state index in [0.717, 1.165) is 124 Å². The van der Waals surface area contributed by atoms with Gasteiger partial charge in [0.1, 0.15) is 66.7 Å². The Kier molecular flexibility index (Phi) is 68.5. The minimum absolute atomic E-state index is 0.0162. The number of aliphatic carboxylic acids is 1. The van der Waals surface area contributed by atoms with Gasteiger partial charge >= 0.3 is 53.7 Å². The molecule has 0 aromatic heterocycles. The Morgan fingerprint density at radius 3 is 0.926 bits per heavy atom. The molecule has 135 heavy (non-hydrogen) atoms. The number of fused-ring (bicyclic) bond motifs is 1. The van der Waals surface area contributed by atoms with Gasteiger partial charge in [-0.3, -0.25) is 87.1 Å². The van der Waals surface area contributed by atoms with Crippen LogP contribution in [0.15, 0.2) is 0 Å². The Labute approximate surface area is 807 Å². The molecule has 11 aliphatic rings. The molecule has 788 valence electrons. The Morgan fingerprint density at radius 1 is 0.363 bits per heavy atom. The minimum Gasteiger partial charge on any atom is -0.480 e. The van der Waals surface area contributed by atoms with Crippen molar-refractivity contribution in [3.63, 3.8) is 0 Å². The second kappa shape index (κ2) is 72.6. The van der Waals surface area contributed by atoms with Gasteiger partial charge in [-0.15, -0.1) is 0 Å². The molecule has 0 bridgehead atoms. The first-order chi connectivity index (χ1) is 63.9. The zero-order chi connectivity index (χ0) is 102. The highest BCUT2D eigenvalue weighted by molar-refractivity contribution is 6.77. The number of carbonyl (C=O) groups is 11. The van der Waals surface area contributed by atoms with Crippen LogP contribution in [0.4, 0.5) is 0 Å². The number of esters is 8. The third kappa shape index (κ3) is 57.2. The quantitative estimate of drug-likeness (QED) is 0.0269. The van der Waals surface area contributed by atoms with E-state index < -0.39 is 44.3 Å². The molecule has 11 saturated heterocycles. The lowest BCUT2D eigenvalue weighted by molar-refractivity contribution is -0.155. The summed E-state index contributed by atoms with van der Waals surface area (Å²) in [5.74, 6) is -2.17. The molecule has 43 nitrogen and oxygen atoms in total. The van der Waals surface area contributed by atoms with Crippen LogP contribution in [-0.2, 0) is 138 Å². The Balaban J connectivity index is 0.000000749.